The van der Waals surface area contributed by atoms with Crippen LogP contribution < -0.4 is 4.90 Å². The van der Waals surface area contributed by atoms with Crippen LogP contribution in [0.3, 0.4) is 0 Å². The summed E-state index contributed by atoms with van der Waals surface area (Å²) in [6.45, 7) is 4.19. The van der Waals surface area contributed by atoms with Crippen molar-refractivity contribution >= 4 is 5.69 Å². The number of aromatic nitrogens is 4. The highest BCUT2D eigenvalue weighted by atomic mass is 19.1. The van der Waals surface area contributed by atoms with Crippen LogP contribution >= 0.6 is 0 Å². The molecule has 0 aliphatic carbocycles. The fraction of sp³-hybridized carbons (Fsp3) is 0.435. The van der Waals surface area contributed by atoms with Gasteiger partial charge in [-0.1, -0.05) is 18.2 Å². The molecule has 5 rings (SSSR count). The normalized spacial score (nSPS) is 20.6. The minimum atomic E-state index is -0.400. The van der Waals surface area contributed by atoms with Crippen LogP contribution in [0, 0.1) is 11.6 Å². The molecule has 3 heterocycles. The Bertz CT molecular complexity index is 1030. The second kappa shape index (κ2) is 9.30. The van der Waals surface area contributed by atoms with Crippen molar-refractivity contribution in [3.63, 3.8) is 0 Å². The molecule has 0 N–H and O–H groups in total. The number of rotatable bonds is 6. The van der Waals surface area contributed by atoms with E-state index in [1.165, 1.54) is 18.2 Å². The van der Waals surface area contributed by atoms with Gasteiger partial charge in [-0.2, -0.15) is 0 Å². The van der Waals surface area contributed by atoms with Crippen molar-refractivity contribution in [2.45, 2.75) is 31.5 Å². The molecule has 2 fully saturated rings. The Morgan fingerprint density at radius 1 is 1.00 bits per heavy atom. The summed E-state index contributed by atoms with van der Waals surface area (Å²) >= 11 is 0. The maximum absolute atomic E-state index is 14.9. The van der Waals surface area contributed by atoms with E-state index in [1.54, 1.807) is 28.9 Å². The van der Waals surface area contributed by atoms with E-state index in [1.807, 2.05) is 6.07 Å². The van der Waals surface area contributed by atoms with E-state index >= 15 is 0 Å². The lowest BCUT2D eigenvalue weighted by molar-refractivity contribution is 0.0906. The lowest BCUT2D eigenvalue weighted by Gasteiger charge is -2.40. The molecule has 9 heteroatoms. The predicted octanol–water partition coefficient (Wildman–Crippen LogP) is 3.04. The van der Waals surface area contributed by atoms with Gasteiger partial charge in [0, 0.05) is 44.0 Å². The van der Waals surface area contributed by atoms with E-state index in [4.69, 9.17) is 4.74 Å². The van der Waals surface area contributed by atoms with Crippen LogP contribution in [0.2, 0.25) is 0 Å². The Kier molecular flexibility index (Phi) is 6.09. The first kappa shape index (κ1) is 21.0. The second-order valence-corrected chi connectivity index (χ2v) is 8.28. The number of tetrazole rings is 1. The van der Waals surface area contributed by atoms with Gasteiger partial charge in [0.2, 0.25) is 0 Å². The molecule has 2 aliphatic heterocycles. The summed E-state index contributed by atoms with van der Waals surface area (Å²) in [6, 6.07) is 13.0. The van der Waals surface area contributed by atoms with Crippen LogP contribution in [-0.4, -0.2) is 64.0 Å². The van der Waals surface area contributed by atoms with Gasteiger partial charge in [0.25, 0.3) is 0 Å². The Labute approximate surface area is 185 Å². The van der Waals surface area contributed by atoms with Crippen molar-refractivity contribution < 1.29 is 13.5 Å². The highest BCUT2D eigenvalue weighted by molar-refractivity contribution is 5.46. The molecule has 3 aromatic rings. The maximum Gasteiger partial charge on any atom is 0.173 e. The first-order chi connectivity index (χ1) is 15.7. The van der Waals surface area contributed by atoms with Gasteiger partial charge in [0.05, 0.1) is 12.6 Å². The van der Waals surface area contributed by atoms with E-state index in [2.05, 4.69) is 25.3 Å². The van der Waals surface area contributed by atoms with Crippen LogP contribution in [0.1, 0.15) is 30.3 Å². The molecule has 168 valence electrons. The van der Waals surface area contributed by atoms with Crippen molar-refractivity contribution in [2.75, 3.05) is 37.7 Å². The molecule has 2 saturated heterocycles. The van der Waals surface area contributed by atoms with Gasteiger partial charge < -0.3 is 9.64 Å². The first-order valence-corrected chi connectivity index (χ1v) is 11.1. The van der Waals surface area contributed by atoms with Crippen LogP contribution in [0.5, 0.6) is 0 Å². The van der Waals surface area contributed by atoms with Crippen LogP contribution in [-0.2, 0) is 11.3 Å². The van der Waals surface area contributed by atoms with Crippen molar-refractivity contribution in [3.8, 4) is 0 Å². The lowest BCUT2D eigenvalue weighted by atomic mass is 10.0. The molecule has 0 saturated carbocycles. The zero-order chi connectivity index (χ0) is 21.9. The van der Waals surface area contributed by atoms with E-state index in [-0.39, 0.29) is 17.7 Å². The molecule has 7 nitrogen and oxygen atoms in total. The molecular weight excluding hydrogens is 414 g/mol. The topological polar surface area (TPSA) is 59.3 Å². The SMILES string of the molecule is Fc1ccc(N2CCN(C(c3ccccc3F)c3nnnn3CC3CCCO3)CC2)cc1. The summed E-state index contributed by atoms with van der Waals surface area (Å²) in [7, 11) is 0. The highest BCUT2D eigenvalue weighted by Crippen LogP contribution is 2.31. The smallest absolute Gasteiger partial charge is 0.173 e. The molecule has 32 heavy (non-hydrogen) atoms. The first-order valence-electron chi connectivity index (χ1n) is 11.1. The van der Waals surface area contributed by atoms with Crippen LogP contribution in [0.25, 0.3) is 0 Å². The van der Waals surface area contributed by atoms with Gasteiger partial charge in [-0.05, 0) is 53.6 Å². The molecule has 2 aliphatic rings. The zero-order valence-electron chi connectivity index (χ0n) is 17.8. The second-order valence-electron chi connectivity index (χ2n) is 8.28. The number of hydrogen-bond donors (Lipinski definition) is 0. The van der Waals surface area contributed by atoms with Crippen molar-refractivity contribution in [3.05, 3.63) is 71.6 Å². The fourth-order valence-electron chi connectivity index (χ4n) is 4.60. The lowest BCUT2D eigenvalue weighted by Crippen LogP contribution is -2.48. The third-order valence-electron chi connectivity index (χ3n) is 6.28. The van der Waals surface area contributed by atoms with Crippen LogP contribution in [0.4, 0.5) is 14.5 Å². The minimum absolute atomic E-state index is 0.0776. The van der Waals surface area contributed by atoms with Gasteiger partial charge >= 0.3 is 0 Å². The molecule has 0 bridgehead atoms. The van der Waals surface area contributed by atoms with E-state index < -0.39 is 6.04 Å². The fourth-order valence-corrected chi connectivity index (χ4v) is 4.60. The van der Waals surface area contributed by atoms with Gasteiger partial charge in [-0.25, -0.2) is 13.5 Å². The molecule has 0 spiro atoms. The number of nitrogens with zero attached hydrogens (tertiary/aromatic N) is 6. The van der Waals surface area contributed by atoms with Gasteiger partial charge in [-0.15, -0.1) is 5.10 Å². The maximum atomic E-state index is 14.9. The molecule has 2 aromatic carbocycles. The summed E-state index contributed by atoms with van der Waals surface area (Å²) < 4.78 is 35.8. The Hall–Kier alpha value is -2.91. The molecule has 2 unspecified atom stereocenters. The van der Waals surface area contributed by atoms with Crippen molar-refractivity contribution in [2.24, 2.45) is 0 Å². The molecule has 2 atom stereocenters. The highest BCUT2D eigenvalue weighted by Gasteiger charge is 2.33. The van der Waals surface area contributed by atoms with E-state index in [0.29, 0.717) is 31.0 Å². The number of anilines is 1. The predicted molar refractivity (Wildman–Crippen MR) is 115 cm³/mol. The van der Waals surface area contributed by atoms with Crippen molar-refractivity contribution in [1.29, 1.82) is 0 Å². The monoisotopic (exact) mass is 440 g/mol. The Morgan fingerprint density at radius 3 is 2.50 bits per heavy atom. The van der Waals surface area contributed by atoms with E-state index in [0.717, 1.165) is 38.2 Å². The Balaban J connectivity index is 1.40. The minimum Gasteiger partial charge on any atom is -0.376 e. The summed E-state index contributed by atoms with van der Waals surface area (Å²) in [6.07, 6.45) is 2.08. The largest absolute Gasteiger partial charge is 0.376 e. The quantitative estimate of drug-likeness (QED) is 0.587. The summed E-state index contributed by atoms with van der Waals surface area (Å²) in [5, 5.41) is 12.4. The number of halogens is 2. The number of hydrogen-bond acceptors (Lipinski definition) is 6. The Morgan fingerprint density at radius 2 is 1.78 bits per heavy atom. The van der Waals surface area contributed by atoms with Gasteiger partial charge in [0.1, 0.15) is 17.7 Å². The van der Waals surface area contributed by atoms with Crippen molar-refractivity contribution in [1.82, 2.24) is 25.1 Å². The molecule has 0 radical (unpaired) electrons. The molecular formula is C23H26F2N6O. The molecule has 1 aromatic heterocycles. The average Bonchev–Trinajstić information content (AvgIpc) is 3.49. The summed E-state index contributed by atoms with van der Waals surface area (Å²) in [4.78, 5) is 4.43. The number of ether oxygens (including phenoxy) is 1. The standard InChI is InChI=1S/C23H26F2N6O/c24-17-7-9-18(10-8-17)29-11-13-30(14-12-29)22(20-5-1-2-6-21(20)25)23-26-27-28-31(23)16-19-4-3-15-32-19/h1-2,5-10,19,22H,3-4,11-16H2. The van der Waals surface area contributed by atoms with Gasteiger partial charge in [-0.3, -0.25) is 4.90 Å². The average molecular weight is 440 g/mol. The summed E-state index contributed by atoms with van der Waals surface area (Å²) in [5.74, 6) is 0.107. The summed E-state index contributed by atoms with van der Waals surface area (Å²) in [5.41, 5.74) is 1.54. The zero-order valence-corrected chi connectivity index (χ0v) is 17.8. The number of benzene rings is 2. The third kappa shape index (κ3) is 4.35. The van der Waals surface area contributed by atoms with Gasteiger partial charge in [0.15, 0.2) is 5.82 Å². The van der Waals surface area contributed by atoms with E-state index in [9.17, 15) is 8.78 Å². The number of piperazine rings is 1. The molecule has 0 amide bonds. The van der Waals surface area contributed by atoms with Crippen LogP contribution in [0.15, 0.2) is 48.5 Å². The third-order valence-corrected chi connectivity index (χ3v) is 6.28.